The second kappa shape index (κ2) is 11.0. The average Bonchev–Trinajstić information content (AvgIpc) is 2.73. The molecule has 3 aliphatic rings. The summed E-state index contributed by atoms with van der Waals surface area (Å²) in [6.07, 6.45) is 8.30. The fraction of sp³-hybridized carbons (Fsp3) is 0.167. The van der Waals surface area contributed by atoms with E-state index in [1.54, 1.807) is 42.5 Å². The second-order valence-corrected chi connectivity index (χ2v) is 6.69. The van der Waals surface area contributed by atoms with Gasteiger partial charge in [-0.25, -0.2) is 0 Å². The Kier molecular flexibility index (Phi) is 9.64. The van der Waals surface area contributed by atoms with Crippen LogP contribution in [0.15, 0.2) is 65.7 Å². The summed E-state index contributed by atoms with van der Waals surface area (Å²) in [5.74, 6) is -0.218. The maximum atomic E-state index is 11.9. The molecular formula is C18H15Li2O7P. The first kappa shape index (κ1) is 24.6. The minimum atomic E-state index is -5.27. The number of ether oxygens (including phenoxy) is 2. The van der Waals surface area contributed by atoms with Crippen LogP contribution in [0.25, 0.3) is 6.08 Å². The van der Waals surface area contributed by atoms with Gasteiger partial charge in [0.1, 0.15) is 20.2 Å². The van der Waals surface area contributed by atoms with Gasteiger partial charge in [0.25, 0.3) is 0 Å². The monoisotopic (exact) mass is 388 g/mol. The standard InChI is InChI=1S/C18H17O7P.2Li/c19-18-12-14-3-1-5-16(25-26(20,21)22)17(11-14)24-15-8-6-13(7-9-15)4-2-10-23-18;;/h1-2,4-9,11H,3,10,12H2,(H2,20,21,22);;/q;2*+1/p-2/b4-2-;;. The molecule has 0 N–H and O–H groups in total. The van der Waals surface area contributed by atoms with Crippen molar-refractivity contribution in [3.8, 4) is 5.75 Å². The molecule has 1 aliphatic carbocycles. The van der Waals surface area contributed by atoms with Crippen LogP contribution in [0.1, 0.15) is 18.4 Å². The Labute approximate surface area is 186 Å². The maximum Gasteiger partial charge on any atom is 1.00 e. The number of phosphoric ester groups is 1. The first-order valence-electron chi connectivity index (χ1n) is 7.81. The number of phosphoric acid groups is 1. The van der Waals surface area contributed by atoms with Gasteiger partial charge in [0.15, 0.2) is 11.5 Å². The van der Waals surface area contributed by atoms with Crippen molar-refractivity contribution in [3.05, 3.63) is 71.2 Å². The van der Waals surface area contributed by atoms with Crippen molar-refractivity contribution >= 4 is 19.9 Å². The van der Waals surface area contributed by atoms with Gasteiger partial charge in [-0.1, -0.05) is 29.9 Å². The second-order valence-electron chi connectivity index (χ2n) is 5.61. The number of hydrogen-bond donors (Lipinski definition) is 0. The number of esters is 1. The molecule has 0 fully saturated rings. The number of fused-ring (bicyclic) bond motifs is 6. The summed E-state index contributed by atoms with van der Waals surface area (Å²) >= 11 is 0. The van der Waals surface area contributed by atoms with Gasteiger partial charge >= 0.3 is 43.7 Å². The molecule has 0 aromatic heterocycles. The van der Waals surface area contributed by atoms with Crippen molar-refractivity contribution in [1.82, 2.24) is 0 Å². The molecule has 1 aromatic carbocycles. The molecule has 0 amide bonds. The van der Waals surface area contributed by atoms with Crippen LogP contribution < -0.4 is 52.2 Å². The van der Waals surface area contributed by atoms with Crippen LogP contribution in [0.4, 0.5) is 0 Å². The van der Waals surface area contributed by atoms with Crippen LogP contribution in [-0.2, 0) is 18.6 Å². The van der Waals surface area contributed by atoms with E-state index in [2.05, 4.69) is 4.52 Å². The molecular weight excluding hydrogens is 373 g/mol. The van der Waals surface area contributed by atoms with Crippen molar-refractivity contribution in [3.63, 3.8) is 0 Å². The molecule has 2 aliphatic heterocycles. The van der Waals surface area contributed by atoms with E-state index in [0.717, 1.165) is 5.56 Å². The molecule has 1 aromatic rings. The zero-order chi connectivity index (χ0) is 18.6. The number of allylic oxidation sites excluding steroid dienone is 3. The Morgan fingerprint density at radius 3 is 2.43 bits per heavy atom. The van der Waals surface area contributed by atoms with Gasteiger partial charge in [-0.05, 0) is 42.3 Å². The third kappa shape index (κ3) is 7.55. The molecule has 0 saturated carbocycles. The van der Waals surface area contributed by atoms with Crippen LogP contribution in [-0.4, -0.2) is 12.6 Å². The molecule has 2 heterocycles. The Balaban J connectivity index is 0.00000196. The largest absolute Gasteiger partial charge is 1.00 e. The summed E-state index contributed by atoms with van der Waals surface area (Å²) < 4.78 is 26.4. The average molecular weight is 388 g/mol. The van der Waals surface area contributed by atoms with Crippen molar-refractivity contribution < 1.29 is 70.9 Å². The van der Waals surface area contributed by atoms with E-state index in [9.17, 15) is 19.1 Å². The van der Waals surface area contributed by atoms with E-state index in [-0.39, 0.29) is 62.3 Å². The van der Waals surface area contributed by atoms with Crippen LogP contribution >= 0.6 is 7.82 Å². The summed E-state index contributed by atoms with van der Waals surface area (Å²) in [7, 11) is -5.27. The Bertz CT molecular complexity index is 866. The topological polar surface area (TPSA) is 108 Å². The number of carbonyl (C=O) groups is 1. The van der Waals surface area contributed by atoms with Crippen molar-refractivity contribution in [2.75, 3.05) is 6.61 Å². The number of rotatable bonds is 2. The van der Waals surface area contributed by atoms with E-state index in [1.807, 2.05) is 0 Å². The van der Waals surface area contributed by atoms with Gasteiger partial charge in [-0.2, -0.15) is 0 Å². The third-order valence-electron chi connectivity index (χ3n) is 3.57. The van der Waals surface area contributed by atoms with Gasteiger partial charge in [-0.3, -0.25) is 4.79 Å². The Hall–Kier alpha value is -1.41. The number of hydrogen-bond acceptors (Lipinski definition) is 7. The molecule has 0 atom stereocenters. The summed E-state index contributed by atoms with van der Waals surface area (Å²) in [6.45, 7) is 0.146. The third-order valence-corrected chi connectivity index (χ3v) is 3.99. The van der Waals surface area contributed by atoms with E-state index in [4.69, 9.17) is 9.47 Å². The van der Waals surface area contributed by atoms with Crippen molar-refractivity contribution in [2.45, 2.75) is 12.8 Å². The van der Waals surface area contributed by atoms with Gasteiger partial charge in [0, 0.05) is 0 Å². The first-order valence-corrected chi connectivity index (χ1v) is 9.27. The fourth-order valence-electron chi connectivity index (χ4n) is 2.45. The van der Waals surface area contributed by atoms with Gasteiger partial charge in [0.05, 0.1) is 6.42 Å². The molecule has 0 unspecified atom stereocenters. The predicted octanol–water partition coefficient (Wildman–Crippen LogP) is -4.02. The quantitative estimate of drug-likeness (QED) is 0.289. The molecule has 28 heavy (non-hydrogen) atoms. The molecule has 136 valence electrons. The summed E-state index contributed by atoms with van der Waals surface area (Å²) in [4.78, 5) is 34.0. The zero-order valence-electron chi connectivity index (χ0n) is 15.6. The van der Waals surface area contributed by atoms with E-state index < -0.39 is 13.8 Å². The van der Waals surface area contributed by atoms with Crippen LogP contribution in [0.5, 0.6) is 5.75 Å². The summed E-state index contributed by atoms with van der Waals surface area (Å²) in [6, 6.07) is 6.95. The first-order chi connectivity index (χ1) is 12.4. The maximum absolute atomic E-state index is 11.9. The van der Waals surface area contributed by atoms with Crippen LogP contribution in [0.2, 0.25) is 0 Å². The smallest absolute Gasteiger partial charge is 0.780 e. The SMILES string of the molecule is O=C1CC2=CC(=C(OP(=O)([O-])[O-])C=CC2)Oc2ccc(cc2)/C=C\CO1.[Li+].[Li+]. The fourth-order valence-corrected chi connectivity index (χ4v) is 2.84. The van der Waals surface area contributed by atoms with Gasteiger partial charge < -0.3 is 28.3 Å². The molecule has 4 bridgehead atoms. The minimum absolute atomic E-state index is 0. The van der Waals surface area contributed by atoms with Gasteiger partial charge in [-0.15, -0.1) is 0 Å². The molecule has 0 saturated heterocycles. The van der Waals surface area contributed by atoms with E-state index in [0.29, 0.717) is 17.7 Å². The Morgan fingerprint density at radius 1 is 1.04 bits per heavy atom. The van der Waals surface area contributed by atoms with Crippen LogP contribution in [0.3, 0.4) is 0 Å². The zero-order valence-corrected chi connectivity index (χ0v) is 16.5. The van der Waals surface area contributed by atoms with E-state index >= 15 is 0 Å². The summed E-state index contributed by atoms with van der Waals surface area (Å²) in [5.41, 5.74) is 1.50. The van der Waals surface area contributed by atoms with Crippen molar-refractivity contribution in [2.24, 2.45) is 0 Å². The Morgan fingerprint density at radius 2 is 1.75 bits per heavy atom. The molecule has 10 heteroatoms. The number of benzene rings is 1. The predicted molar refractivity (Wildman–Crippen MR) is 89.2 cm³/mol. The molecule has 7 nitrogen and oxygen atoms in total. The minimum Gasteiger partial charge on any atom is -0.780 e. The normalized spacial score (nSPS) is 17.6. The van der Waals surface area contributed by atoms with E-state index in [1.165, 1.54) is 12.2 Å². The summed E-state index contributed by atoms with van der Waals surface area (Å²) in [5, 5.41) is 0. The molecule has 0 spiro atoms. The molecule has 0 radical (unpaired) electrons. The molecule has 4 rings (SSSR count). The van der Waals surface area contributed by atoms with Crippen LogP contribution in [0, 0.1) is 0 Å². The van der Waals surface area contributed by atoms with Gasteiger partial charge in [0.2, 0.25) is 0 Å². The number of carbonyl (C=O) groups excluding carboxylic acids is 1. The van der Waals surface area contributed by atoms with Crippen molar-refractivity contribution in [1.29, 1.82) is 0 Å².